The van der Waals surface area contributed by atoms with Crippen LogP contribution < -0.4 is 4.74 Å². The molecule has 1 atom stereocenters. The van der Waals surface area contributed by atoms with Gasteiger partial charge in [0.25, 0.3) is 0 Å². The summed E-state index contributed by atoms with van der Waals surface area (Å²) in [5.41, 5.74) is 1.34. The maximum absolute atomic E-state index is 14.3. The molecule has 128 valence electrons. The minimum atomic E-state index is -0.859. The first-order valence-corrected chi connectivity index (χ1v) is 8.97. The summed E-state index contributed by atoms with van der Waals surface area (Å²) >= 11 is 0. The molecule has 0 saturated heterocycles. The monoisotopic (exact) mass is 322 g/mol. The predicted octanol–water partition coefficient (Wildman–Crippen LogP) is 6.52. The van der Waals surface area contributed by atoms with Crippen LogP contribution in [0.1, 0.15) is 70.8 Å². The number of hydrogen-bond acceptors (Lipinski definition) is 1. The summed E-state index contributed by atoms with van der Waals surface area (Å²) in [5, 5.41) is 0. The van der Waals surface area contributed by atoms with Crippen LogP contribution in [0.25, 0.3) is 5.57 Å². The normalized spacial score (nSPS) is 17.9. The van der Waals surface area contributed by atoms with Crippen LogP contribution in [0.15, 0.2) is 18.2 Å². The van der Waals surface area contributed by atoms with E-state index in [0.29, 0.717) is 18.1 Å². The highest BCUT2D eigenvalue weighted by Gasteiger charge is 2.20. The Kier molecular flexibility index (Phi) is 7.07. The van der Waals surface area contributed by atoms with E-state index in [0.717, 1.165) is 31.3 Å². The zero-order valence-corrected chi connectivity index (χ0v) is 14.3. The summed E-state index contributed by atoms with van der Waals surface area (Å²) in [6.07, 6.45) is 10.8. The van der Waals surface area contributed by atoms with Crippen LogP contribution in [0.4, 0.5) is 8.78 Å². The second-order valence-corrected chi connectivity index (χ2v) is 6.45. The molecule has 1 nitrogen and oxygen atoms in total. The Morgan fingerprint density at radius 2 is 1.91 bits per heavy atom. The van der Waals surface area contributed by atoms with Gasteiger partial charge >= 0.3 is 0 Å². The van der Waals surface area contributed by atoms with Crippen molar-refractivity contribution in [1.82, 2.24) is 0 Å². The Morgan fingerprint density at radius 1 is 1.09 bits per heavy atom. The van der Waals surface area contributed by atoms with E-state index in [2.05, 4.69) is 13.0 Å². The lowest BCUT2D eigenvalue weighted by atomic mass is 9.83. The standard InChI is InChI=1S/C20H28F2O/c1-3-5-6-7-15-8-10-16(11-9-15)17-12-13-18(23-14-4-2)20(22)19(17)21/h10,12-13,15H,3-9,11,14H2,1-2H3. The number of ether oxygens (including phenoxy) is 1. The van der Waals surface area contributed by atoms with Gasteiger partial charge in [0.15, 0.2) is 11.6 Å². The third-order valence-electron chi connectivity index (χ3n) is 4.59. The zero-order valence-electron chi connectivity index (χ0n) is 14.3. The van der Waals surface area contributed by atoms with Crippen molar-refractivity contribution < 1.29 is 13.5 Å². The van der Waals surface area contributed by atoms with Crippen molar-refractivity contribution in [3.05, 3.63) is 35.4 Å². The number of benzene rings is 1. The molecule has 0 amide bonds. The number of rotatable bonds is 8. The molecule has 0 heterocycles. The largest absolute Gasteiger partial charge is 0.490 e. The molecule has 1 aliphatic rings. The van der Waals surface area contributed by atoms with Crippen LogP contribution >= 0.6 is 0 Å². The number of hydrogen-bond donors (Lipinski definition) is 0. The minimum absolute atomic E-state index is 0.0157. The van der Waals surface area contributed by atoms with Gasteiger partial charge in [0.1, 0.15) is 0 Å². The molecule has 1 unspecified atom stereocenters. The van der Waals surface area contributed by atoms with Crippen molar-refractivity contribution >= 4 is 5.57 Å². The molecule has 1 aliphatic carbocycles. The molecule has 0 bridgehead atoms. The lowest BCUT2D eigenvalue weighted by molar-refractivity contribution is 0.295. The number of unbranched alkanes of at least 4 members (excludes halogenated alkanes) is 2. The quantitative estimate of drug-likeness (QED) is 0.495. The van der Waals surface area contributed by atoms with Gasteiger partial charge in [-0.25, -0.2) is 4.39 Å². The van der Waals surface area contributed by atoms with Gasteiger partial charge in [-0.15, -0.1) is 0 Å². The first-order valence-electron chi connectivity index (χ1n) is 8.97. The highest BCUT2D eigenvalue weighted by molar-refractivity contribution is 5.67. The average Bonchev–Trinajstić information content (AvgIpc) is 2.57. The molecule has 1 aromatic carbocycles. The Bertz CT molecular complexity index is 537. The molecular formula is C20H28F2O. The van der Waals surface area contributed by atoms with Gasteiger partial charge in [-0.1, -0.05) is 45.6 Å². The van der Waals surface area contributed by atoms with Crippen LogP contribution in [0, 0.1) is 17.6 Å². The zero-order chi connectivity index (χ0) is 16.7. The topological polar surface area (TPSA) is 9.23 Å². The first kappa shape index (κ1) is 18.0. The van der Waals surface area contributed by atoms with Crippen molar-refractivity contribution in [2.75, 3.05) is 6.61 Å². The van der Waals surface area contributed by atoms with Gasteiger partial charge in [0, 0.05) is 5.56 Å². The van der Waals surface area contributed by atoms with Crippen LogP contribution in [0.3, 0.4) is 0 Å². The van der Waals surface area contributed by atoms with Crippen LogP contribution in [-0.4, -0.2) is 6.61 Å². The summed E-state index contributed by atoms with van der Waals surface area (Å²) in [7, 11) is 0. The van der Waals surface area contributed by atoms with E-state index in [4.69, 9.17) is 4.74 Å². The maximum Gasteiger partial charge on any atom is 0.201 e. The van der Waals surface area contributed by atoms with Gasteiger partial charge < -0.3 is 4.74 Å². The molecule has 0 fully saturated rings. The molecular weight excluding hydrogens is 294 g/mol. The molecule has 0 spiro atoms. The van der Waals surface area contributed by atoms with Crippen LogP contribution in [-0.2, 0) is 0 Å². The lowest BCUT2D eigenvalue weighted by Gasteiger charge is -2.22. The summed E-state index contributed by atoms with van der Waals surface area (Å²) in [6, 6.07) is 3.21. The van der Waals surface area contributed by atoms with E-state index in [1.165, 1.54) is 25.7 Å². The van der Waals surface area contributed by atoms with Gasteiger partial charge in [0.2, 0.25) is 5.82 Å². The molecule has 3 heteroatoms. The molecule has 0 N–H and O–H groups in total. The van der Waals surface area contributed by atoms with E-state index in [1.807, 2.05) is 6.92 Å². The Morgan fingerprint density at radius 3 is 2.57 bits per heavy atom. The second-order valence-electron chi connectivity index (χ2n) is 6.45. The Hall–Kier alpha value is -1.38. The Labute approximate surface area is 138 Å². The van der Waals surface area contributed by atoms with Crippen LogP contribution in [0.2, 0.25) is 0 Å². The molecule has 0 aliphatic heterocycles. The SMILES string of the molecule is CCCCCC1CC=C(c2ccc(OCCC)c(F)c2F)CC1. The maximum atomic E-state index is 14.3. The molecule has 0 aromatic heterocycles. The second kappa shape index (κ2) is 9.05. The van der Waals surface area contributed by atoms with Gasteiger partial charge in [-0.05, 0) is 49.3 Å². The van der Waals surface area contributed by atoms with Crippen molar-refractivity contribution in [1.29, 1.82) is 0 Å². The van der Waals surface area contributed by atoms with Gasteiger partial charge in [0.05, 0.1) is 6.61 Å². The van der Waals surface area contributed by atoms with Crippen molar-refractivity contribution in [2.24, 2.45) is 5.92 Å². The minimum Gasteiger partial charge on any atom is -0.490 e. The fraction of sp³-hybridized carbons (Fsp3) is 0.600. The predicted molar refractivity (Wildman–Crippen MR) is 91.6 cm³/mol. The van der Waals surface area contributed by atoms with Gasteiger partial charge in [-0.2, -0.15) is 4.39 Å². The average molecular weight is 322 g/mol. The fourth-order valence-corrected chi connectivity index (χ4v) is 3.18. The summed E-state index contributed by atoms with van der Waals surface area (Å²) < 4.78 is 33.7. The van der Waals surface area contributed by atoms with Gasteiger partial charge in [-0.3, -0.25) is 0 Å². The van der Waals surface area contributed by atoms with Crippen molar-refractivity contribution in [3.63, 3.8) is 0 Å². The molecule has 0 saturated carbocycles. The lowest BCUT2D eigenvalue weighted by Crippen LogP contribution is -2.07. The third kappa shape index (κ3) is 4.79. The van der Waals surface area contributed by atoms with E-state index in [9.17, 15) is 8.78 Å². The number of allylic oxidation sites excluding steroid dienone is 2. The molecule has 1 aromatic rings. The highest BCUT2D eigenvalue weighted by atomic mass is 19.2. The van der Waals surface area contributed by atoms with Crippen LogP contribution in [0.5, 0.6) is 5.75 Å². The van der Waals surface area contributed by atoms with Crippen molar-refractivity contribution in [3.8, 4) is 5.75 Å². The van der Waals surface area contributed by atoms with E-state index in [-0.39, 0.29) is 5.75 Å². The summed E-state index contributed by atoms with van der Waals surface area (Å²) in [5.74, 6) is -0.913. The van der Waals surface area contributed by atoms with E-state index in [1.54, 1.807) is 12.1 Å². The molecule has 0 radical (unpaired) electrons. The third-order valence-corrected chi connectivity index (χ3v) is 4.59. The van der Waals surface area contributed by atoms with Crippen molar-refractivity contribution in [2.45, 2.75) is 65.2 Å². The van der Waals surface area contributed by atoms with E-state index >= 15 is 0 Å². The summed E-state index contributed by atoms with van der Waals surface area (Å²) in [4.78, 5) is 0. The Balaban J connectivity index is 2.03. The fourth-order valence-electron chi connectivity index (χ4n) is 3.18. The smallest absolute Gasteiger partial charge is 0.201 e. The summed E-state index contributed by atoms with van der Waals surface area (Å²) in [6.45, 7) is 4.55. The first-order chi connectivity index (χ1) is 11.2. The van der Waals surface area contributed by atoms with E-state index < -0.39 is 11.6 Å². The molecule has 2 rings (SSSR count). The highest BCUT2D eigenvalue weighted by Crippen LogP contribution is 2.35. The molecule has 23 heavy (non-hydrogen) atoms. The number of halogens is 2.